The van der Waals surface area contributed by atoms with Gasteiger partial charge in [0, 0.05) is 44.2 Å². The third kappa shape index (κ3) is 3.43. The highest BCUT2D eigenvalue weighted by Crippen LogP contribution is 2.38. The Morgan fingerprint density at radius 2 is 2.00 bits per heavy atom. The summed E-state index contributed by atoms with van der Waals surface area (Å²) in [5, 5.41) is 16.9. The number of hydrogen-bond acceptors (Lipinski definition) is 4. The molecule has 1 fully saturated rings. The van der Waals surface area contributed by atoms with E-state index in [0.717, 1.165) is 11.3 Å². The second-order valence-electron chi connectivity index (χ2n) is 6.73. The summed E-state index contributed by atoms with van der Waals surface area (Å²) in [4.78, 5) is 14.6. The number of amides is 1. The van der Waals surface area contributed by atoms with E-state index in [1.807, 2.05) is 56.5 Å². The molecule has 1 atom stereocenters. The van der Waals surface area contributed by atoms with Crippen LogP contribution in [0, 0.1) is 5.92 Å². The van der Waals surface area contributed by atoms with Crippen molar-refractivity contribution >= 4 is 11.6 Å². The Labute approximate surface area is 142 Å². The zero-order chi connectivity index (χ0) is 17.3. The smallest absolute Gasteiger partial charge is 0.251 e. The molecule has 3 rings (SSSR count). The average Bonchev–Trinajstić information content (AvgIpc) is 2.96. The third-order valence-electron chi connectivity index (χ3n) is 4.64. The molecule has 0 radical (unpaired) electrons. The van der Waals surface area contributed by atoms with Crippen molar-refractivity contribution in [1.82, 2.24) is 15.1 Å². The lowest BCUT2D eigenvalue weighted by atomic mass is 9.75. The van der Waals surface area contributed by atoms with Gasteiger partial charge in [0.2, 0.25) is 0 Å². The maximum Gasteiger partial charge on any atom is 0.251 e. The Morgan fingerprint density at radius 1 is 1.33 bits per heavy atom. The normalized spacial score (nSPS) is 21.0. The van der Waals surface area contributed by atoms with Crippen LogP contribution in [0.2, 0.25) is 0 Å². The van der Waals surface area contributed by atoms with Crippen LogP contribution >= 0.6 is 0 Å². The fraction of sp³-hybridized carbons (Fsp3) is 0.444. The molecular weight excluding hydrogens is 304 g/mol. The molecule has 6 nitrogen and oxygen atoms in total. The number of aliphatic hydroxyl groups is 1. The van der Waals surface area contributed by atoms with E-state index in [-0.39, 0.29) is 24.0 Å². The first-order chi connectivity index (χ1) is 11.4. The molecule has 2 N–H and O–H groups in total. The molecule has 1 aromatic carbocycles. The quantitative estimate of drug-likeness (QED) is 0.877. The lowest BCUT2D eigenvalue weighted by molar-refractivity contribution is 0.0235. The first-order valence-electron chi connectivity index (χ1n) is 8.19. The van der Waals surface area contributed by atoms with E-state index in [2.05, 4.69) is 10.4 Å². The van der Waals surface area contributed by atoms with E-state index >= 15 is 0 Å². The van der Waals surface area contributed by atoms with E-state index in [4.69, 9.17) is 0 Å². The number of benzene rings is 1. The van der Waals surface area contributed by atoms with Gasteiger partial charge in [0.1, 0.15) is 0 Å². The third-order valence-corrected chi connectivity index (χ3v) is 4.64. The molecule has 2 aromatic rings. The topological polar surface area (TPSA) is 70.4 Å². The fourth-order valence-electron chi connectivity index (χ4n) is 3.11. The van der Waals surface area contributed by atoms with Gasteiger partial charge in [0.25, 0.3) is 5.91 Å². The van der Waals surface area contributed by atoms with Gasteiger partial charge in [-0.3, -0.25) is 9.48 Å². The summed E-state index contributed by atoms with van der Waals surface area (Å²) in [6.45, 7) is 0. The van der Waals surface area contributed by atoms with Gasteiger partial charge in [-0.25, -0.2) is 0 Å². The van der Waals surface area contributed by atoms with Crippen molar-refractivity contribution < 1.29 is 9.90 Å². The summed E-state index contributed by atoms with van der Waals surface area (Å²) in [6, 6.07) is 7.41. The number of carbonyl (C=O) groups excluding carboxylic acids is 1. The standard InChI is InChI=1S/C18H24N4O2/c1-21(2)15-6-4-12(5-7-15)18(24)20-17(13-8-16(23)9-13)14-10-19-22(3)11-14/h4-7,10-11,13,16-17,23H,8-9H2,1-3H3,(H,20,24)/t13?,16?,17-/m0/s1. The van der Waals surface area contributed by atoms with Crippen LogP contribution in [0.1, 0.15) is 34.8 Å². The number of aliphatic hydroxyl groups excluding tert-OH is 1. The molecule has 24 heavy (non-hydrogen) atoms. The molecule has 1 aliphatic carbocycles. The zero-order valence-electron chi connectivity index (χ0n) is 14.3. The van der Waals surface area contributed by atoms with E-state index in [0.29, 0.717) is 18.4 Å². The summed E-state index contributed by atoms with van der Waals surface area (Å²) in [7, 11) is 5.79. The first kappa shape index (κ1) is 16.5. The highest BCUT2D eigenvalue weighted by molar-refractivity contribution is 5.94. The molecule has 0 aliphatic heterocycles. The van der Waals surface area contributed by atoms with E-state index in [9.17, 15) is 9.90 Å². The molecule has 6 heteroatoms. The minimum atomic E-state index is -0.259. The summed E-state index contributed by atoms with van der Waals surface area (Å²) in [5.74, 6) is 0.143. The Hall–Kier alpha value is -2.34. The van der Waals surface area contributed by atoms with E-state index < -0.39 is 0 Å². The lowest BCUT2D eigenvalue weighted by Crippen LogP contribution is -2.41. The van der Waals surface area contributed by atoms with Gasteiger partial charge in [0.15, 0.2) is 0 Å². The first-order valence-corrected chi connectivity index (χ1v) is 8.19. The number of rotatable bonds is 5. The second kappa shape index (κ2) is 6.65. The van der Waals surface area contributed by atoms with Crippen LogP contribution < -0.4 is 10.2 Å². The molecule has 1 aliphatic rings. The van der Waals surface area contributed by atoms with Crippen LogP contribution in [0.5, 0.6) is 0 Å². The molecule has 0 saturated heterocycles. The molecular formula is C18H24N4O2. The number of anilines is 1. The number of aryl methyl sites for hydroxylation is 1. The second-order valence-corrected chi connectivity index (χ2v) is 6.73. The average molecular weight is 328 g/mol. The predicted octanol–water partition coefficient (Wildman–Crippen LogP) is 1.73. The van der Waals surface area contributed by atoms with Crippen molar-refractivity contribution in [2.75, 3.05) is 19.0 Å². The van der Waals surface area contributed by atoms with Crippen LogP contribution in [0.4, 0.5) is 5.69 Å². The number of nitrogens with zero attached hydrogens (tertiary/aromatic N) is 3. The number of hydrogen-bond donors (Lipinski definition) is 2. The van der Waals surface area contributed by atoms with Gasteiger partial charge in [-0.1, -0.05) is 0 Å². The van der Waals surface area contributed by atoms with Gasteiger partial charge in [-0.05, 0) is 43.0 Å². The van der Waals surface area contributed by atoms with Crippen molar-refractivity contribution in [3.05, 3.63) is 47.8 Å². The van der Waals surface area contributed by atoms with Crippen LogP contribution in [0.25, 0.3) is 0 Å². The highest BCUT2D eigenvalue weighted by Gasteiger charge is 2.36. The summed E-state index contributed by atoms with van der Waals surface area (Å²) in [5.41, 5.74) is 2.67. The Bertz CT molecular complexity index is 702. The van der Waals surface area contributed by atoms with Gasteiger partial charge in [-0.2, -0.15) is 5.10 Å². The monoisotopic (exact) mass is 328 g/mol. The van der Waals surface area contributed by atoms with Gasteiger partial charge in [-0.15, -0.1) is 0 Å². The predicted molar refractivity (Wildman–Crippen MR) is 92.9 cm³/mol. The maximum absolute atomic E-state index is 12.6. The van der Waals surface area contributed by atoms with Crippen LogP contribution in [-0.2, 0) is 7.05 Å². The molecule has 0 unspecified atom stereocenters. The van der Waals surface area contributed by atoms with Crippen LogP contribution in [0.3, 0.4) is 0 Å². The summed E-state index contributed by atoms with van der Waals surface area (Å²) >= 11 is 0. The lowest BCUT2D eigenvalue weighted by Gasteiger charge is -2.37. The van der Waals surface area contributed by atoms with Gasteiger partial charge in [0.05, 0.1) is 18.3 Å². The SMILES string of the molecule is CN(C)c1ccc(C(=O)N[C@H](c2cnn(C)c2)C2CC(O)C2)cc1. The van der Waals surface area contributed by atoms with E-state index in [1.165, 1.54) is 0 Å². The van der Waals surface area contributed by atoms with Gasteiger partial charge < -0.3 is 15.3 Å². The van der Waals surface area contributed by atoms with Crippen molar-refractivity contribution in [1.29, 1.82) is 0 Å². The van der Waals surface area contributed by atoms with Crippen LogP contribution in [0.15, 0.2) is 36.7 Å². The van der Waals surface area contributed by atoms with Crippen molar-refractivity contribution in [2.45, 2.75) is 25.0 Å². The molecule has 1 aromatic heterocycles. The van der Waals surface area contributed by atoms with Crippen LogP contribution in [-0.4, -0.2) is 41.0 Å². The highest BCUT2D eigenvalue weighted by atomic mass is 16.3. The number of carbonyl (C=O) groups is 1. The largest absolute Gasteiger partial charge is 0.393 e. The van der Waals surface area contributed by atoms with E-state index in [1.54, 1.807) is 10.9 Å². The molecule has 0 spiro atoms. The maximum atomic E-state index is 12.6. The van der Waals surface area contributed by atoms with Crippen molar-refractivity contribution in [3.63, 3.8) is 0 Å². The molecule has 1 amide bonds. The molecule has 1 heterocycles. The Balaban J connectivity index is 1.75. The Kier molecular flexibility index (Phi) is 4.57. The minimum Gasteiger partial charge on any atom is -0.393 e. The fourth-order valence-corrected chi connectivity index (χ4v) is 3.11. The zero-order valence-corrected chi connectivity index (χ0v) is 14.3. The van der Waals surface area contributed by atoms with Crippen molar-refractivity contribution in [3.8, 4) is 0 Å². The molecule has 1 saturated carbocycles. The number of nitrogens with one attached hydrogen (secondary N) is 1. The molecule has 0 bridgehead atoms. The Morgan fingerprint density at radius 3 is 2.50 bits per heavy atom. The summed E-state index contributed by atoms with van der Waals surface area (Å²) < 4.78 is 1.73. The molecule has 128 valence electrons. The van der Waals surface area contributed by atoms with Gasteiger partial charge >= 0.3 is 0 Å². The van der Waals surface area contributed by atoms with Crippen molar-refractivity contribution in [2.24, 2.45) is 13.0 Å². The summed E-state index contributed by atoms with van der Waals surface area (Å²) in [6.07, 6.45) is 4.86. The number of aromatic nitrogens is 2. The minimum absolute atomic E-state index is 0.101.